The zero-order valence-electron chi connectivity index (χ0n) is 7.26. The Bertz CT molecular complexity index is 84.7. The van der Waals surface area contributed by atoms with E-state index in [0.717, 1.165) is 18.6 Å². The van der Waals surface area contributed by atoms with Gasteiger partial charge in [-0.25, -0.2) is 0 Å². The van der Waals surface area contributed by atoms with Crippen molar-refractivity contribution in [2.45, 2.75) is 40.0 Å². The van der Waals surface area contributed by atoms with Crippen molar-refractivity contribution in [1.29, 1.82) is 0 Å². The summed E-state index contributed by atoms with van der Waals surface area (Å²) in [5.74, 6) is 1.32. The number of rotatable bonds is 5. The van der Waals surface area contributed by atoms with Crippen molar-refractivity contribution in [1.82, 2.24) is 0 Å². The first-order valence-electron chi connectivity index (χ1n) is 4.19. The first kappa shape index (κ1) is 9.67. The van der Waals surface area contributed by atoms with Gasteiger partial charge in [0.25, 0.3) is 0 Å². The molecule has 0 aromatic carbocycles. The molecule has 1 atom stereocenters. The second-order valence-corrected chi connectivity index (χ2v) is 2.96. The van der Waals surface area contributed by atoms with E-state index in [4.69, 9.17) is 0 Å². The third-order valence-corrected chi connectivity index (χ3v) is 2.32. The maximum atomic E-state index is 10.2. The van der Waals surface area contributed by atoms with E-state index in [1.165, 1.54) is 12.8 Å². The van der Waals surface area contributed by atoms with Gasteiger partial charge in [0.05, 0.1) is 0 Å². The lowest BCUT2D eigenvalue weighted by Gasteiger charge is -2.18. The minimum Gasteiger partial charge on any atom is -0.303 e. The molecule has 0 heterocycles. The van der Waals surface area contributed by atoms with Gasteiger partial charge in [-0.3, -0.25) is 0 Å². The Balaban J connectivity index is 3.63. The van der Waals surface area contributed by atoms with Crippen molar-refractivity contribution >= 4 is 6.29 Å². The molecule has 0 aliphatic heterocycles. The van der Waals surface area contributed by atoms with Crippen LogP contribution in [-0.2, 0) is 4.79 Å². The van der Waals surface area contributed by atoms with Gasteiger partial charge in [0, 0.05) is 6.42 Å². The van der Waals surface area contributed by atoms with E-state index >= 15 is 0 Å². The molecule has 0 saturated carbocycles. The summed E-state index contributed by atoms with van der Waals surface area (Å²) in [4.78, 5) is 10.2. The fourth-order valence-electron chi connectivity index (χ4n) is 1.44. The summed E-state index contributed by atoms with van der Waals surface area (Å²) in [5.41, 5.74) is 0. The van der Waals surface area contributed by atoms with Gasteiger partial charge in [-0.05, 0) is 11.8 Å². The number of carbonyl (C=O) groups is 1. The average Bonchev–Trinajstić information content (AvgIpc) is 1.91. The van der Waals surface area contributed by atoms with Crippen LogP contribution in [0.1, 0.15) is 40.0 Å². The number of aldehydes is 1. The maximum absolute atomic E-state index is 10.2. The van der Waals surface area contributed by atoms with E-state index in [1.807, 2.05) is 0 Å². The summed E-state index contributed by atoms with van der Waals surface area (Å²) in [5, 5.41) is 0. The Kier molecular flexibility index (Phi) is 5.27. The second-order valence-electron chi connectivity index (χ2n) is 2.96. The van der Waals surface area contributed by atoms with Crippen LogP contribution in [0.3, 0.4) is 0 Å². The highest BCUT2D eigenvalue weighted by Crippen LogP contribution is 2.20. The standard InChI is InChI=1S/C9H18O/c1-4-9(5-2)8(3)6-7-10/h7-9H,4-6H2,1-3H3. The first-order chi connectivity index (χ1) is 4.76. The summed E-state index contributed by atoms with van der Waals surface area (Å²) in [6.45, 7) is 6.54. The topological polar surface area (TPSA) is 17.1 Å². The van der Waals surface area contributed by atoms with Crippen molar-refractivity contribution in [2.75, 3.05) is 0 Å². The van der Waals surface area contributed by atoms with Crippen molar-refractivity contribution in [3.05, 3.63) is 0 Å². The Hall–Kier alpha value is -0.330. The van der Waals surface area contributed by atoms with Crippen LogP contribution in [-0.4, -0.2) is 6.29 Å². The monoisotopic (exact) mass is 142 g/mol. The molecule has 1 nitrogen and oxygen atoms in total. The largest absolute Gasteiger partial charge is 0.303 e. The highest BCUT2D eigenvalue weighted by atomic mass is 16.1. The van der Waals surface area contributed by atoms with Gasteiger partial charge in [0.1, 0.15) is 6.29 Å². The molecule has 0 aliphatic rings. The Morgan fingerprint density at radius 1 is 1.30 bits per heavy atom. The van der Waals surface area contributed by atoms with Crippen molar-refractivity contribution in [3.8, 4) is 0 Å². The minimum atomic E-state index is 0.576. The average molecular weight is 142 g/mol. The van der Waals surface area contributed by atoms with E-state index in [-0.39, 0.29) is 0 Å². The van der Waals surface area contributed by atoms with Crippen LogP contribution in [0.5, 0.6) is 0 Å². The first-order valence-corrected chi connectivity index (χ1v) is 4.19. The Labute approximate surface area is 63.8 Å². The van der Waals surface area contributed by atoms with Gasteiger partial charge in [-0.2, -0.15) is 0 Å². The molecule has 0 amide bonds. The number of hydrogen-bond donors (Lipinski definition) is 0. The number of hydrogen-bond acceptors (Lipinski definition) is 1. The molecular weight excluding hydrogens is 124 g/mol. The SMILES string of the molecule is CCC(CC)C(C)CC=O. The molecule has 1 unspecified atom stereocenters. The maximum Gasteiger partial charge on any atom is 0.120 e. The molecule has 0 aromatic rings. The fraction of sp³-hybridized carbons (Fsp3) is 0.889. The van der Waals surface area contributed by atoms with Gasteiger partial charge in [-0.1, -0.05) is 33.6 Å². The molecule has 0 bridgehead atoms. The molecule has 0 aromatic heterocycles. The summed E-state index contributed by atoms with van der Waals surface area (Å²) in [6, 6.07) is 0. The molecule has 0 rings (SSSR count). The van der Waals surface area contributed by atoms with E-state index in [9.17, 15) is 4.79 Å². The van der Waals surface area contributed by atoms with E-state index in [1.54, 1.807) is 0 Å². The van der Waals surface area contributed by atoms with Crippen molar-refractivity contribution in [2.24, 2.45) is 11.8 Å². The predicted molar refractivity (Wildman–Crippen MR) is 43.9 cm³/mol. The Morgan fingerprint density at radius 3 is 2.10 bits per heavy atom. The lowest BCUT2D eigenvalue weighted by Crippen LogP contribution is -2.09. The molecule has 0 fully saturated rings. The van der Waals surface area contributed by atoms with Crippen LogP contribution in [0, 0.1) is 11.8 Å². The lowest BCUT2D eigenvalue weighted by molar-refractivity contribution is -0.108. The second kappa shape index (κ2) is 5.45. The summed E-state index contributed by atoms with van der Waals surface area (Å²) in [6.07, 6.45) is 4.16. The molecule has 0 spiro atoms. The third-order valence-electron chi connectivity index (χ3n) is 2.32. The molecule has 60 valence electrons. The molecule has 10 heavy (non-hydrogen) atoms. The van der Waals surface area contributed by atoms with Crippen LogP contribution < -0.4 is 0 Å². The van der Waals surface area contributed by atoms with E-state index < -0.39 is 0 Å². The van der Waals surface area contributed by atoms with E-state index in [0.29, 0.717) is 5.92 Å². The zero-order valence-corrected chi connectivity index (χ0v) is 7.26. The van der Waals surface area contributed by atoms with E-state index in [2.05, 4.69) is 20.8 Å². The van der Waals surface area contributed by atoms with Crippen LogP contribution in [0.15, 0.2) is 0 Å². The van der Waals surface area contributed by atoms with Gasteiger partial charge in [-0.15, -0.1) is 0 Å². The number of carbonyl (C=O) groups excluding carboxylic acids is 1. The molecule has 0 saturated heterocycles. The summed E-state index contributed by atoms with van der Waals surface area (Å²) < 4.78 is 0. The molecule has 0 N–H and O–H groups in total. The quantitative estimate of drug-likeness (QED) is 0.539. The van der Waals surface area contributed by atoms with Crippen LogP contribution in [0.25, 0.3) is 0 Å². The van der Waals surface area contributed by atoms with Crippen LogP contribution in [0.2, 0.25) is 0 Å². The fourth-order valence-corrected chi connectivity index (χ4v) is 1.44. The highest BCUT2D eigenvalue weighted by molar-refractivity contribution is 5.49. The zero-order chi connectivity index (χ0) is 7.98. The Morgan fingerprint density at radius 2 is 1.80 bits per heavy atom. The van der Waals surface area contributed by atoms with Gasteiger partial charge >= 0.3 is 0 Å². The van der Waals surface area contributed by atoms with Gasteiger partial charge in [0.15, 0.2) is 0 Å². The summed E-state index contributed by atoms with van der Waals surface area (Å²) in [7, 11) is 0. The highest BCUT2D eigenvalue weighted by Gasteiger charge is 2.11. The minimum absolute atomic E-state index is 0.576. The van der Waals surface area contributed by atoms with Crippen LogP contribution >= 0.6 is 0 Å². The third kappa shape index (κ3) is 3.00. The smallest absolute Gasteiger partial charge is 0.120 e. The van der Waals surface area contributed by atoms with Gasteiger partial charge < -0.3 is 4.79 Å². The lowest BCUT2D eigenvalue weighted by atomic mass is 9.87. The van der Waals surface area contributed by atoms with Gasteiger partial charge in [0.2, 0.25) is 0 Å². The molecule has 1 heteroatoms. The van der Waals surface area contributed by atoms with Crippen molar-refractivity contribution < 1.29 is 4.79 Å². The molecule has 0 aliphatic carbocycles. The van der Waals surface area contributed by atoms with Crippen molar-refractivity contribution in [3.63, 3.8) is 0 Å². The molecule has 0 radical (unpaired) electrons. The summed E-state index contributed by atoms with van der Waals surface area (Å²) >= 11 is 0. The van der Waals surface area contributed by atoms with Crippen LogP contribution in [0.4, 0.5) is 0 Å². The molecular formula is C9H18O. The predicted octanol–water partition coefficient (Wildman–Crippen LogP) is 2.65. The normalized spacial score (nSPS) is 13.6.